The molecule has 1 aromatic rings. The molecular weight excluding hydrogens is 528 g/mol. The molecule has 42 heavy (non-hydrogen) atoms. The summed E-state index contributed by atoms with van der Waals surface area (Å²) < 4.78 is 19.2. The molecule has 2 atom stereocenters. The summed E-state index contributed by atoms with van der Waals surface area (Å²) in [6, 6.07) is 3.82. The fraction of sp³-hybridized carbons (Fsp3) is 0.800. The van der Waals surface area contributed by atoms with Crippen LogP contribution in [0.15, 0.2) is 24.5 Å². The van der Waals surface area contributed by atoms with Gasteiger partial charge in [0, 0.05) is 31.1 Å². The zero-order valence-corrected chi connectivity index (χ0v) is 27.2. The average molecular weight is 590 g/mol. The lowest BCUT2D eigenvalue weighted by Gasteiger charge is -2.19. The SMILES string of the molecule is CCCCCCCCCCCCCCCCCCOC[C@H]1CO[C@H](COC(=O)N(Cc2ccc[n+](CC)c2)C(C)=O)C1. The van der Waals surface area contributed by atoms with Crippen LogP contribution in [0.3, 0.4) is 0 Å². The van der Waals surface area contributed by atoms with E-state index in [2.05, 4.69) is 6.92 Å². The molecule has 1 fully saturated rings. The van der Waals surface area contributed by atoms with Crippen LogP contribution in [-0.4, -0.2) is 49.4 Å². The first kappa shape index (κ1) is 36.2. The molecule has 1 saturated heterocycles. The highest BCUT2D eigenvalue weighted by Crippen LogP contribution is 2.21. The number of hydrogen-bond acceptors (Lipinski definition) is 5. The van der Waals surface area contributed by atoms with E-state index >= 15 is 0 Å². The number of carbonyl (C=O) groups is 2. The highest BCUT2D eigenvalue weighted by atomic mass is 16.6. The van der Waals surface area contributed by atoms with Gasteiger partial charge in [0.1, 0.15) is 13.2 Å². The van der Waals surface area contributed by atoms with Gasteiger partial charge in [-0.1, -0.05) is 103 Å². The highest BCUT2D eigenvalue weighted by Gasteiger charge is 2.28. The molecule has 7 nitrogen and oxygen atoms in total. The summed E-state index contributed by atoms with van der Waals surface area (Å²) in [5, 5.41) is 0. The van der Waals surface area contributed by atoms with Crippen LogP contribution < -0.4 is 4.57 Å². The molecule has 0 aromatic carbocycles. The van der Waals surface area contributed by atoms with E-state index in [1.54, 1.807) is 0 Å². The Balaban J connectivity index is 1.42. The molecule has 0 saturated carbocycles. The van der Waals surface area contributed by atoms with Crippen molar-refractivity contribution in [1.82, 2.24) is 4.90 Å². The van der Waals surface area contributed by atoms with Crippen molar-refractivity contribution in [1.29, 1.82) is 0 Å². The lowest BCUT2D eigenvalue weighted by Crippen LogP contribution is -2.38. The monoisotopic (exact) mass is 589 g/mol. The molecular formula is C35H61N2O5+. The third-order valence-electron chi connectivity index (χ3n) is 8.28. The summed E-state index contributed by atoms with van der Waals surface area (Å²) in [4.78, 5) is 25.9. The van der Waals surface area contributed by atoms with Gasteiger partial charge >= 0.3 is 6.09 Å². The molecule has 1 aliphatic heterocycles. The van der Waals surface area contributed by atoms with Crippen molar-refractivity contribution >= 4 is 12.0 Å². The van der Waals surface area contributed by atoms with Crippen molar-refractivity contribution in [2.24, 2.45) is 5.92 Å². The van der Waals surface area contributed by atoms with E-state index < -0.39 is 6.09 Å². The molecule has 0 unspecified atom stereocenters. The van der Waals surface area contributed by atoms with Crippen molar-refractivity contribution in [2.75, 3.05) is 26.4 Å². The molecule has 1 aromatic heterocycles. The van der Waals surface area contributed by atoms with Gasteiger partial charge in [-0.15, -0.1) is 0 Å². The molecule has 0 aliphatic carbocycles. The minimum absolute atomic E-state index is 0.147. The third kappa shape index (κ3) is 16.6. The minimum Gasteiger partial charge on any atom is -0.446 e. The van der Waals surface area contributed by atoms with Crippen molar-refractivity contribution in [2.45, 2.75) is 149 Å². The molecule has 1 aliphatic rings. The number of aryl methyl sites for hydroxylation is 1. The van der Waals surface area contributed by atoms with Gasteiger partial charge in [0.2, 0.25) is 5.91 Å². The fourth-order valence-corrected chi connectivity index (χ4v) is 5.61. The number of imide groups is 1. The average Bonchev–Trinajstić information content (AvgIpc) is 3.45. The van der Waals surface area contributed by atoms with Gasteiger partial charge in [0.15, 0.2) is 12.4 Å². The van der Waals surface area contributed by atoms with Crippen LogP contribution >= 0.6 is 0 Å². The Hall–Kier alpha value is -1.99. The maximum Gasteiger partial charge on any atom is 0.416 e. The van der Waals surface area contributed by atoms with E-state index in [1.165, 1.54) is 103 Å². The van der Waals surface area contributed by atoms with Gasteiger partial charge in [0.25, 0.3) is 0 Å². The standard InChI is InChI=1S/C35H61N2O5/c1-4-6-7-8-9-10-11-12-13-14-15-16-17-18-19-20-24-40-28-33-25-34(41-29-33)30-42-35(39)37(31(3)38)27-32-22-21-23-36(5-2)26-32/h21-23,26,33-34H,4-20,24-25,27-30H2,1-3H3/q+1/t33-,34-/m0/s1. The van der Waals surface area contributed by atoms with Crippen LogP contribution in [0, 0.1) is 5.92 Å². The highest BCUT2D eigenvalue weighted by molar-refractivity contribution is 5.90. The van der Waals surface area contributed by atoms with E-state index in [-0.39, 0.29) is 25.2 Å². The van der Waals surface area contributed by atoms with Crippen LogP contribution in [-0.2, 0) is 32.1 Å². The Morgan fingerprint density at radius 2 is 1.48 bits per heavy atom. The van der Waals surface area contributed by atoms with Crippen molar-refractivity contribution in [3.05, 3.63) is 30.1 Å². The molecule has 0 bridgehead atoms. The molecule has 2 heterocycles. The van der Waals surface area contributed by atoms with Gasteiger partial charge in [-0.2, -0.15) is 0 Å². The van der Waals surface area contributed by atoms with Crippen molar-refractivity contribution in [3.8, 4) is 0 Å². The van der Waals surface area contributed by atoms with E-state index in [1.807, 2.05) is 36.0 Å². The lowest BCUT2D eigenvalue weighted by atomic mass is 10.0. The molecule has 2 rings (SSSR count). The number of nitrogens with zero attached hydrogens (tertiary/aromatic N) is 2. The van der Waals surface area contributed by atoms with Crippen LogP contribution in [0.5, 0.6) is 0 Å². The van der Waals surface area contributed by atoms with Gasteiger partial charge in [0.05, 0.1) is 25.9 Å². The molecule has 0 spiro atoms. The zero-order chi connectivity index (χ0) is 30.3. The van der Waals surface area contributed by atoms with Crippen LogP contribution in [0.1, 0.15) is 135 Å². The third-order valence-corrected chi connectivity index (χ3v) is 8.28. The largest absolute Gasteiger partial charge is 0.446 e. The number of rotatable bonds is 24. The maximum atomic E-state index is 12.6. The molecule has 0 N–H and O–H groups in total. The first-order valence-electron chi connectivity index (χ1n) is 17.2. The Labute approximate surface area is 256 Å². The second-order valence-electron chi connectivity index (χ2n) is 12.2. The van der Waals surface area contributed by atoms with E-state index in [0.717, 1.165) is 36.5 Å². The van der Waals surface area contributed by atoms with E-state index in [0.29, 0.717) is 19.1 Å². The Morgan fingerprint density at radius 1 is 0.881 bits per heavy atom. The first-order valence-corrected chi connectivity index (χ1v) is 17.2. The van der Waals surface area contributed by atoms with Crippen molar-refractivity contribution in [3.63, 3.8) is 0 Å². The van der Waals surface area contributed by atoms with Crippen LogP contribution in [0.4, 0.5) is 4.79 Å². The molecule has 2 amide bonds. The Bertz CT molecular complexity index is 848. The molecule has 0 radical (unpaired) electrons. The molecule has 240 valence electrons. The zero-order valence-electron chi connectivity index (χ0n) is 27.2. The predicted octanol–water partition coefficient (Wildman–Crippen LogP) is 8.16. The van der Waals surface area contributed by atoms with Crippen molar-refractivity contribution < 1.29 is 28.4 Å². The predicted molar refractivity (Wildman–Crippen MR) is 168 cm³/mol. The Kier molecular flexibility index (Phi) is 20.2. The first-order chi connectivity index (χ1) is 20.5. The van der Waals surface area contributed by atoms with Gasteiger partial charge < -0.3 is 14.2 Å². The normalized spacial score (nSPS) is 16.5. The maximum absolute atomic E-state index is 12.6. The number of hydrogen-bond donors (Lipinski definition) is 0. The number of ether oxygens (including phenoxy) is 3. The Morgan fingerprint density at radius 3 is 2.05 bits per heavy atom. The number of carbonyl (C=O) groups excluding carboxylic acids is 2. The summed E-state index contributed by atoms with van der Waals surface area (Å²) in [6.07, 6.45) is 25.9. The van der Waals surface area contributed by atoms with Crippen LogP contribution in [0.25, 0.3) is 0 Å². The minimum atomic E-state index is -0.624. The second kappa shape index (κ2) is 23.5. The van der Waals surface area contributed by atoms with Crippen LogP contribution in [0.2, 0.25) is 0 Å². The quantitative estimate of drug-likeness (QED) is 0.0899. The van der Waals surface area contributed by atoms with E-state index in [4.69, 9.17) is 14.2 Å². The molecule has 7 heteroatoms. The summed E-state index contributed by atoms with van der Waals surface area (Å²) in [6.45, 7) is 9.00. The number of unbranched alkanes of at least 4 members (excludes halogenated alkanes) is 15. The van der Waals surface area contributed by atoms with E-state index in [9.17, 15) is 9.59 Å². The topological polar surface area (TPSA) is 69.0 Å². The van der Waals surface area contributed by atoms with Gasteiger partial charge in [-0.25, -0.2) is 14.3 Å². The number of amides is 2. The lowest BCUT2D eigenvalue weighted by molar-refractivity contribution is -0.694. The number of pyridine rings is 1. The van der Waals surface area contributed by atoms with Gasteiger partial charge in [-0.05, 0) is 25.8 Å². The fourth-order valence-electron chi connectivity index (χ4n) is 5.61. The summed E-state index contributed by atoms with van der Waals surface area (Å²) in [5.41, 5.74) is 0.880. The summed E-state index contributed by atoms with van der Waals surface area (Å²) in [5.74, 6) is -0.00733. The number of aromatic nitrogens is 1. The second-order valence-corrected chi connectivity index (χ2v) is 12.2. The van der Waals surface area contributed by atoms with Gasteiger partial charge in [-0.3, -0.25) is 4.79 Å². The smallest absolute Gasteiger partial charge is 0.416 e. The summed E-state index contributed by atoms with van der Waals surface area (Å²) in [7, 11) is 0. The summed E-state index contributed by atoms with van der Waals surface area (Å²) >= 11 is 0.